The van der Waals surface area contributed by atoms with Crippen LogP contribution in [0.3, 0.4) is 0 Å². The summed E-state index contributed by atoms with van der Waals surface area (Å²) in [5.41, 5.74) is 7.65. The van der Waals surface area contributed by atoms with E-state index >= 15 is 0 Å². The Bertz CT molecular complexity index is 590. The quantitative estimate of drug-likeness (QED) is 0.759. The normalized spacial score (nSPS) is 12.5. The standard InChI is InChI=1S/C12H8Br2Cl2N2/c13-6-4-8(14)12(18-5-6)11(17)7-2-1-3-9(15)10(7)16/h1-5,11H,17H2. The molecule has 0 fully saturated rings. The topological polar surface area (TPSA) is 38.9 Å². The van der Waals surface area contributed by atoms with Gasteiger partial charge in [0.1, 0.15) is 0 Å². The Hall–Kier alpha value is -0.130. The molecule has 0 aliphatic heterocycles. The van der Waals surface area contributed by atoms with Crippen LogP contribution in [0.15, 0.2) is 39.4 Å². The van der Waals surface area contributed by atoms with Crippen LogP contribution in [0, 0.1) is 0 Å². The van der Waals surface area contributed by atoms with Gasteiger partial charge in [0.25, 0.3) is 0 Å². The van der Waals surface area contributed by atoms with Crippen molar-refractivity contribution < 1.29 is 0 Å². The van der Waals surface area contributed by atoms with Crippen LogP contribution in [-0.4, -0.2) is 4.98 Å². The second-order valence-electron chi connectivity index (χ2n) is 3.64. The van der Waals surface area contributed by atoms with Gasteiger partial charge in [0.15, 0.2) is 0 Å². The first kappa shape index (κ1) is 14.3. The maximum absolute atomic E-state index is 6.19. The summed E-state index contributed by atoms with van der Waals surface area (Å²) in [6, 6.07) is 6.84. The number of rotatable bonds is 2. The van der Waals surface area contributed by atoms with Gasteiger partial charge < -0.3 is 5.73 Å². The van der Waals surface area contributed by atoms with Gasteiger partial charge in [-0.05, 0) is 49.6 Å². The maximum Gasteiger partial charge on any atom is 0.0759 e. The molecular weight excluding hydrogens is 403 g/mol. The summed E-state index contributed by atoms with van der Waals surface area (Å²) in [6.45, 7) is 0. The van der Waals surface area contributed by atoms with Crippen molar-refractivity contribution in [2.24, 2.45) is 5.73 Å². The molecule has 1 unspecified atom stereocenters. The lowest BCUT2D eigenvalue weighted by Crippen LogP contribution is -2.14. The van der Waals surface area contributed by atoms with Gasteiger partial charge in [-0.2, -0.15) is 0 Å². The number of hydrogen-bond acceptors (Lipinski definition) is 2. The van der Waals surface area contributed by atoms with Crippen LogP contribution in [0.1, 0.15) is 17.3 Å². The minimum atomic E-state index is -0.432. The average molecular weight is 411 g/mol. The van der Waals surface area contributed by atoms with Crippen molar-refractivity contribution in [3.05, 3.63) is 60.7 Å². The fourth-order valence-electron chi connectivity index (χ4n) is 1.56. The van der Waals surface area contributed by atoms with Gasteiger partial charge in [0.05, 0.1) is 21.8 Å². The second-order valence-corrected chi connectivity index (χ2v) is 6.20. The Morgan fingerprint density at radius 3 is 2.61 bits per heavy atom. The van der Waals surface area contributed by atoms with E-state index in [-0.39, 0.29) is 0 Å². The fourth-order valence-corrected chi connectivity index (χ4v) is 3.22. The third kappa shape index (κ3) is 2.89. The van der Waals surface area contributed by atoms with Crippen molar-refractivity contribution >= 4 is 55.1 Å². The van der Waals surface area contributed by atoms with Crippen LogP contribution in [-0.2, 0) is 0 Å². The molecule has 6 heteroatoms. The smallest absolute Gasteiger partial charge is 0.0759 e. The third-order valence-corrected chi connectivity index (χ3v) is 4.35. The molecule has 0 bridgehead atoms. The number of nitrogens with two attached hydrogens (primary N) is 1. The van der Waals surface area contributed by atoms with Crippen molar-refractivity contribution in [3.63, 3.8) is 0 Å². The highest BCUT2D eigenvalue weighted by molar-refractivity contribution is 9.11. The molecule has 2 nitrogen and oxygen atoms in total. The molecule has 18 heavy (non-hydrogen) atoms. The van der Waals surface area contributed by atoms with Crippen LogP contribution >= 0.6 is 55.1 Å². The predicted octanol–water partition coefficient (Wildman–Crippen LogP) is 4.96. The highest BCUT2D eigenvalue weighted by Gasteiger charge is 2.18. The number of hydrogen-bond donors (Lipinski definition) is 1. The van der Waals surface area contributed by atoms with Gasteiger partial charge in [-0.15, -0.1) is 0 Å². The van der Waals surface area contributed by atoms with E-state index in [0.717, 1.165) is 14.5 Å². The van der Waals surface area contributed by atoms with Gasteiger partial charge in [-0.1, -0.05) is 35.3 Å². The van der Waals surface area contributed by atoms with E-state index in [1.54, 1.807) is 12.3 Å². The van der Waals surface area contributed by atoms with Crippen LogP contribution in [0.5, 0.6) is 0 Å². The van der Waals surface area contributed by atoms with E-state index < -0.39 is 6.04 Å². The molecule has 2 N–H and O–H groups in total. The zero-order valence-corrected chi connectivity index (χ0v) is 13.7. The lowest BCUT2D eigenvalue weighted by atomic mass is 10.0. The molecule has 0 saturated carbocycles. The molecule has 0 radical (unpaired) electrons. The van der Waals surface area contributed by atoms with E-state index in [1.165, 1.54) is 0 Å². The first-order valence-electron chi connectivity index (χ1n) is 5.01. The summed E-state index contributed by atoms with van der Waals surface area (Å²) in [5.74, 6) is 0. The number of aromatic nitrogens is 1. The first-order chi connectivity index (χ1) is 8.50. The molecule has 1 heterocycles. The largest absolute Gasteiger partial charge is 0.319 e. The lowest BCUT2D eigenvalue weighted by molar-refractivity contribution is 0.821. The van der Waals surface area contributed by atoms with E-state index in [2.05, 4.69) is 36.8 Å². The molecule has 0 aliphatic carbocycles. The van der Waals surface area contributed by atoms with Crippen molar-refractivity contribution in [3.8, 4) is 0 Å². The molecule has 1 aromatic carbocycles. The summed E-state index contributed by atoms with van der Waals surface area (Å²) >= 11 is 18.9. The van der Waals surface area contributed by atoms with E-state index in [1.807, 2.05) is 18.2 Å². The van der Waals surface area contributed by atoms with Gasteiger partial charge in [0, 0.05) is 15.1 Å². The number of pyridine rings is 1. The summed E-state index contributed by atoms with van der Waals surface area (Å²) in [4.78, 5) is 4.30. The molecule has 0 spiro atoms. The monoisotopic (exact) mass is 408 g/mol. The molecule has 0 amide bonds. The average Bonchev–Trinajstić information content (AvgIpc) is 2.32. The van der Waals surface area contributed by atoms with E-state index in [9.17, 15) is 0 Å². The fraction of sp³-hybridized carbons (Fsp3) is 0.0833. The molecule has 2 aromatic rings. The molecule has 2 rings (SSSR count). The van der Waals surface area contributed by atoms with Gasteiger partial charge in [-0.3, -0.25) is 4.98 Å². The Morgan fingerprint density at radius 1 is 1.22 bits per heavy atom. The maximum atomic E-state index is 6.19. The number of benzene rings is 1. The van der Waals surface area contributed by atoms with Crippen LogP contribution in [0.4, 0.5) is 0 Å². The number of nitrogens with zero attached hydrogens (tertiary/aromatic N) is 1. The Kier molecular flexibility index (Phi) is 4.67. The van der Waals surface area contributed by atoms with Crippen LogP contribution in [0.25, 0.3) is 0 Å². The second kappa shape index (κ2) is 5.88. The molecule has 0 saturated heterocycles. The SMILES string of the molecule is NC(c1cccc(Cl)c1Cl)c1ncc(Br)cc1Br. The van der Waals surface area contributed by atoms with Gasteiger partial charge in [0.2, 0.25) is 0 Å². The van der Waals surface area contributed by atoms with E-state index in [4.69, 9.17) is 28.9 Å². The van der Waals surface area contributed by atoms with Crippen LogP contribution in [0.2, 0.25) is 10.0 Å². The zero-order valence-electron chi connectivity index (χ0n) is 9.00. The molecule has 0 aliphatic rings. The molecular formula is C12H8Br2Cl2N2. The Balaban J connectivity index is 2.48. The van der Waals surface area contributed by atoms with Crippen molar-refractivity contribution in [2.75, 3.05) is 0 Å². The van der Waals surface area contributed by atoms with Crippen molar-refractivity contribution in [2.45, 2.75) is 6.04 Å². The highest BCUT2D eigenvalue weighted by Crippen LogP contribution is 2.34. The minimum absolute atomic E-state index is 0.432. The van der Waals surface area contributed by atoms with Crippen molar-refractivity contribution in [1.82, 2.24) is 4.98 Å². The third-order valence-electron chi connectivity index (χ3n) is 2.45. The summed E-state index contributed by atoms with van der Waals surface area (Å²) in [7, 11) is 0. The zero-order chi connectivity index (χ0) is 13.3. The van der Waals surface area contributed by atoms with Crippen molar-refractivity contribution in [1.29, 1.82) is 0 Å². The van der Waals surface area contributed by atoms with E-state index in [0.29, 0.717) is 15.7 Å². The van der Waals surface area contributed by atoms with Gasteiger partial charge in [-0.25, -0.2) is 0 Å². The summed E-state index contributed by atoms with van der Waals surface area (Å²) in [6.07, 6.45) is 1.69. The lowest BCUT2D eigenvalue weighted by Gasteiger charge is -2.15. The molecule has 94 valence electrons. The predicted molar refractivity (Wildman–Crippen MR) is 82.1 cm³/mol. The number of halogens is 4. The molecule has 1 aromatic heterocycles. The minimum Gasteiger partial charge on any atom is -0.319 e. The Morgan fingerprint density at radius 2 is 1.94 bits per heavy atom. The highest BCUT2D eigenvalue weighted by atomic mass is 79.9. The van der Waals surface area contributed by atoms with Crippen LogP contribution < -0.4 is 5.73 Å². The summed E-state index contributed by atoms with van der Waals surface area (Å²) in [5, 5.41) is 0.945. The summed E-state index contributed by atoms with van der Waals surface area (Å²) < 4.78 is 1.70. The Labute approximate surface area is 132 Å². The molecule has 1 atom stereocenters. The van der Waals surface area contributed by atoms with Gasteiger partial charge >= 0.3 is 0 Å². The first-order valence-corrected chi connectivity index (χ1v) is 7.35.